The minimum atomic E-state index is -0.333. The van der Waals surface area contributed by atoms with E-state index in [9.17, 15) is 9.59 Å². The number of benzene rings is 1. The van der Waals surface area contributed by atoms with Crippen LogP contribution in [0.25, 0.3) is 10.9 Å². The molecule has 1 aromatic carbocycles. The number of anilines is 1. The molecular weight excluding hydrogens is 280 g/mol. The van der Waals surface area contributed by atoms with Gasteiger partial charge in [0.2, 0.25) is 5.91 Å². The van der Waals surface area contributed by atoms with E-state index in [4.69, 9.17) is 0 Å². The van der Waals surface area contributed by atoms with Gasteiger partial charge in [-0.05, 0) is 25.2 Å². The molecule has 1 aromatic heterocycles. The van der Waals surface area contributed by atoms with Crippen LogP contribution >= 0.6 is 0 Å². The summed E-state index contributed by atoms with van der Waals surface area (Å²) in [5.74, 6) is -0.203. The van der Waals surface area contributed by atoms with Crippen molar-refractivity contribution in [1.82, 2.24) is 14.8 Å². The van der Waals surface area contributed by atoms with Crippen molar-refractivity contribution < 1.29 is 9.59 Å². The molecule has 0 bridgehead atoms. The summed E-state index contributed by atoms with van der Waals surface area (Å²) in [7, 11) is 2.13. The Kier molecular flexibility index (Phi) is 2.94. The van der Waals surface area contributed by atoms with Crippen LogP contribution in [0.15, 0.2) is 24.3 Å². The number of rotatable bonds is 1. The van der Waals surface area contributed by atoms with E-state index in [-0.39, 0.29) is 11.9 Å². The highest BCUT2D eigenvalue weighted by atomic mass is 16.2. The molecule has 2 aromatic rings. The monoisotopic (exact) mass is 298 g/mol. The Morgan fingerprint density at radius 2 is 1.95 bits per heavy atom. The predicted molar refractivity (Wildman–Crippen MR) is 83.8 cm³/mol. The zero-order valence-electron chi connectivity index (χ0n) is 12.5. The highest BCUT2D eigenvalue weighted by Gasteiger charge is 2.25. The Labute approximate surface area is 128 Å². The number of nitrogens with one attached hydrogen (secondary N) is 1. The highest BCUT2D eigenvalue weighted by Crippen LogP contribution is 2.28. The van der Waals surface area contributed by atoms with E-state index >= 15 is 0 Å². The van der Waals surface area contributed by atoms with Gasteiger partial charge >= 0.3 is 6.03 Å². The third kappa shape index (κ3) is 2.07. The number of imide groups is 1. The zero-order chi connectivity index (χ0) is 15.3. The lowest BCUT2D eigenvalue weighted by atomic mass is 10.2. The maximum atomic E-state index is 12.0. The smallest absolute Gasteiger partial charge is 0.328 e. The van der Waals surface area contributed by atoms with Crippen LogP contribution in [0.1, 0.15) is 12.1 Å². The molecule has 0 atom stereocenters. The van der Waals surface area contributed by atoms with Gasteiger partial charge in [-0.25, -0.2) is 4.79 Å². The third-order valence-electron chi connectivity index (χ3n) is 4.48. The third-order valence-corrected chi connectivity index (χ3v) is 4.48. The quantitative estimate of drug-likeness (QED) is 0.868. The first-order valence-electron chi connectivity index (χ1n) is 7.54. The Balaban J connectivity index is 1.74. The van der Waals surface area contributed by atoms with Crippen LogP contribution in [0, 0.1) is 0 Å². The van der Waals surface area contributed by atoms with Crippen LogP contribution < -0.4 is 10.2 Å². The summed E-state index contributed by atoms with van der Waals surface area (Å²) < 4.78 is 2.33. The van der Waals surface area contributed by atoms with Crippen molar-refractivity contribution in [3.63, 3.8) is 0 Å². The fourth-order valence-corrected chi connectivity index (χ4v) is 3.30. The van der Waals surface area contributed by atoms with E-state index in [1.807, 2.05) is 6.07 Å². The number of aromatic nitrogens is 1. The van der Waals surface area contributed by atoms with Crippen molar-refractivity contribution in [2.24, 2.45) is 0 Å². The number of likely N-dealkylation sites (N-methyl/N-ethyl adjacent to an activating group) is 1. The van der Waals surface area contributed by atoms with Gasteiger partial charge in [-0.1, -0.05) is 6.07 Å². The molecule has 2 aliphatic heterocycles. The molecule has 1 N–H and O–H groups in total. The first kappa shape index (κ1) is 13.3. The largest absolute Gasteiger partial charge is 0.342 e. The van der Waals surface area contributed by atoms with E-state index in [1.165, 1.54) is 11.1 Å². The minimum Gasteiger partial charge on any atom is -0.342 e. The van der Waals surface area contributed by atoms with Gasteiger partial charge in [-0.3, -0.25) is 19.9 Å². The number of hydrogen-bond acceptors (Lipinski definition) is 3. The fraction of sp³-hybridized carbons (Fsp3) is 0.375. The number of nitrogens with zero attached hydrogens (tertiary/aromatic N) is 3. The average molecular weight is 298 g/mol. The molecule has 6 nitrogen and oxygen atoms in total. The molecule has 114 valence electrons. The molecule has 1 fully saturated rings. The summed E-state index contributed by atoms with van der Waals surface area (Å²) in [6, 6.07) is 7.95. The van der Waals surface area contributed by atoms with Crippen LogP contribution in [-0.4, -0.2) is 41.5 Å². The zero-order valence-corrected chi connectivity index (χ0v) is 12.5. The summed E-state index contributed by atoms with van der Waals surface area (Å²) in [4.78, 5) is 27.2. The van der Waals surface area contributed by atoms with Gasteiger partial charge in [0.25, 0.3) is 0 Å². The van der Waals surface area contributed by atoms with Gasteiger partial charge in [0.15, 0.2) is 0 Å². The molecule has 0 aliphatic carbocycles. The van der Waals surface area contributed by atoms with Crippen molar-refractivity contribution in [1.29, 1.82) is 0 Å². The van der Waals surface area contributed by atoms with Crippen molar-refractivity contribution in [2.45, 2.75) is 19.5 Å². The normalized spacial score (nSPS) is 19.4. The summed E-state index contributed by atoms with van der Waals surface area (Å²) in [5.41, 5.74) is 3.31. The van der Waals surface area contributed by atoms with Crippen LogP contribution in [0.4, 0.5) is 10.5 Å². The number of carbonyl (C=O) groups is 2. The number of carbonyl (C=O) groups excluding carboxylic acids is 2. The second kappa shape index (κ2) is 4.84. The molecule has 3 heterocycles. The van der Waals surface area contributed by atoms with Gasteiger partial charge in [0.05, 0.1) is 5.52 Å². The lowest BCUT2D eigenvalue weighted by Crippen LogP contribution is -2.49. The number of hydrogen-bond donors (Lipinski definition) is 1. The number of urea groups is 1. The SMILES string of the molecule is CN1CCn2c(cc3ccc(N4CCC(=O)NC4=O)cc32)C1. The molecule has 1 saturated heterocycles. The van der Waals surface area contributed by atoms with Crippen LogP contribution in [-0.2, 0) is 17.9 Å². The van der Waals surface area contributed by atoms with Crippen LogP contribution in [0.5, 0.6) is 0 Å². The fourth-order valence-electron chi connectivity index (χ4n) is 3.30. The highest BCUT2D eigenvalue weighted by molar-refractivity contribution is 6.06. The van der Waals surface area contributed by atoms with Crippen molar-refractivity contribution in [2.75, 3.05) is 25.0 Å². The molecule has 0 saturated carbocycles. The molecule has 22 heavy (non-hydrogen) atoms. The van der Waals surface area contributed by atoms with Crippen LogP contribution in [0.2, 0.25) is 0 Å². The predicted octanol–water partition coefficient (Wildman–Crippen LogP) is 1.53. The summed E-state index contributed by atoms with van der Waals surface area (Å²) in [6.45, 7) is 3.37. The minimum absolute atomic E-state index is 0.203. The van der Waals surface area contributed by atoms with Gasteiger partial charge in [-0.15, -0.1) is 0 Å². The molecule has 3 amide bonds. The molecule has 0 radical (unpaired) electrons. The van der Waals surface area contributed by atoms with Crippen molar-refractivity contribution >= 4 is 28.5 Å². The van der Waals surface area contributed by atoms with E-state index in [0.717, 1.165) is 30.8 Å². The summed E-state index contributed by atoms with van der Waals surface area (Å²) >= 11 is 0. The lowest BCUT2D eigenvalue weighted by molar-refractivity contribution is -0.120. The van der Waals surface area contributed by atoms with Gasteiger partial charge in [0.1, 0.15) is 0 Å². The molecular formula is C16H18N4O2. The second-order valence-electron chi connectivity index (χ2n) is 6.02. The molecule has 4 rings (SSSR count). The Morgan fingerprint density at radius 1 is 1.09 bits per heavy atom. The maximum Gasteiger partial charge on any atom is 0.328 e. The molecule has 0 unspecified atom stereocenters. The van der Waals surface area contributed by atoms with Gasteiger partial charge in [0, 0.05) is 49.4 Å². The van der Waals surface area contributed by atoms with E-state index in [2.05, 4.69) is 40.0 Å². The summed E-state index contributed by atoms with van der Waals surface area (Å²) in [6.07, 6.45) is 0.348. The Morgan fingerprint density at radius 3 is 2.77 bits per heavy atom. The topological polar surface area (TPSA) is 57.6 Å². The van der Waals surface area contributed by atoms with Crippen LogP contribution in [0.3, 0.4) is 0 Å². The first-order chi connectivity index (χ1) is 10.6. The standard InChI is InChI=1S/C16H18N4O2/c1-18-6-7-19-13(10-18)8-11-2-3-12(9-14(11)19)20-5-4-15(21)17-16(20)22/h2-3,8-9H,4-7,10H2,1H3,(H,17,21,22). The average Bonchev–Trinajstić information content (AvgIpc) is 2.83. The first-order valence-corrected chi connectivity index (χ1v) is 7.54. The van der Waals surface area contributed by atoms with Crippen molar-refractivity contribution in [3.05, 3.63) is 30.0 Å². The molecule has 0 spiro atoms. The van der Waals surface area contributed by atoms with Gasteiger partial charge in [-0.2, -0.15) is 0 Å². The van der Waals surface area contributed by atoms with Crippen molar-refractivity contribution in [3.8, 4) is 0 Å². The van der Waals surface area contributed by atoms with Gasteiger partial charge < -0.3 is 4.57 Å². The second-order valence-corrected chi connectivity index (χ2v) is 6.02. The van der Waals surface area contributed by atoms with E-state index < -0.39 is 0 Å². The van der Waals surface area contributed by atoms with E-state index in [1.54, 1.807) is 4.90 Å². The number of fused-ring (bicyclic) bond motifs is 3. The molecule has 2 aliphatic rings. The Hall–Kier alpha value is -2.34. The van der Waals surface area contributed by atoms with E-state index in [0.29, 0.717) is 13.0 Å². The molecule has 6 heteroatoms. The Bertz CT molecular complexity index is 780. The lowest BCUT2D eigenvalue weighted by Gasteiger charge is -2.27. The number of amides is 3. The summed E-state index contributed by atoms with van der Waals surface area (Å²) in [5, 5.41) is 3.57. The maximum absolute atomic E-state index is 12.0.